The maximum Gasteiger partial charge on any atom is 0.238 e. The van der Waals surface area contributed by atoms with Crippen molar-refractivity contribution >= 4 is 23.3 Å². The van der Waals surface area contributed by atoms with E-state index in [1.807, 2.05) is 29.5 Å². The van der Waals surface area contributed by atoms with Crippen LogP contribution in [0.5, 0.6) is 0 Å². The number of likely N-dealkylation sites (N-methyl/N-ethyl adjacent to an activating group) is 1. The van der Waals surface area contributed by atoms with Crippen molar-refractivity contribution in [1.29, 1.82) is 0 Å². The molecule has 0 bridgehead atoms. The molecule has 1 saturated heterocycles. The summed E-state index contributed by atoms with van der Waals surface area (Å²) in [5, 5.41) is 4.78. The van der Waals surface area contributed by atoms with Crippen LogP contribution in [0.4, 0.5) is 10.2 Å². The number of hydrogen-bond acceptors (Lipinski definition) is 4. The van der Waals surface area contributed by atoms with E-state index >= 15 is 0 Å². The van der Waals surface area contributed by atoms with Gasteiger partial charge in [0.15, 0.2) is 0 Å². The Morgan fingerprint density at radius 1 is 1.26 bits per heavy atom. The number of carbonyl (C=O) groups is 1. The summed E-state index contributed by atoms with van der Waals surface area (Å²) in [5.41, 5.74) is 2.52. The Balaban J connectivity index is 2.06. The molecule has 0 saturated carbocycles. The van der Waals surface area contributed by atoms with Crippen LogP contribution in [0.2, 0.25) is 0 Å². The summed E-state index contributed by atoms with van der Waals surface area (Å²) in [5.74, 6) is 0.504. The van der Waals surface area contributed by atoms with Gasteiger partial charge < -0.3 is 14.7 Å². The normalized spacial score (nSPS) is 15.9. The first-order valence-electron chi connectivity index (χ1n) is 11.1. The van der Waals surface area contributed by atoms with E-state index in [0.717, 1.165) is 56.2 Å². The molecule has 1 aliphatic heterocycles. The van der Waals surface area contributed by atoms with E-state index in [1.54, 1.807) is 6.07 Å². The third kappa shape index (κ3) is 5.21. The zero-order valence-electron chi connectivity index (χ0n) is 18.9. The highest BCUT2D eigenvalue weighted by Gasteiger charge is 2.28. The van der Waals surface area contributed by atoms with E-state index in [0.29, 0.717) is 12.2 Å². The minimum absolute atomic E-state index is 0.0497. The van der Waals surface area contributed by atoms with Gasteiger partial charge in [-0.05, 0) is 45.0 Å². The van der Waals surface area contributed by atoms with Crippen molar-refractivity contribution in [2.24, 2.45) is 0 Å². The highest BCUT2D eigenvalue weighted by atomic mass is 35.5. The van der Waals surface area contributed by atoms with Gasteiger partial charge in [-0.25, -0.2) is 9.07 Å². The summed E-state index contributed by atoms with van der Waals surface area (Å²) in [7, 11) is 0. The topological polar surface area (TPSA) is 44.6 Å². The lowest BCUT2D eigenvalue weighted by Crippen LogP contribution is -2.47. The highest BCUT2D eigenvalue weighted by Crippen LogP contribution is 2.30. The van der Waals surface area contributed by atoms with Gasteiger partial charge >= 0.3 is 0 Å². The van der Waals surface area contributed by atoms with Crippen molar-refractivity contribution in [3.63, 3.8) is 0 Å². The quantitative estimate of drug-likeness (QED) is 0.574. The molecule has 6 nitrogen and oxygen atoms in total. The Morgan fingerprint density at radius 3 is 2.55 bits per heavy atom. The second-order valence-corrected chi connectivity index (χ2v) is 8.38. The van der Waals surface area contributed by atoms with Gasteiger partial charge in [0.2, 0.25) is 5.91 Å². The van der Waals surface area contributed by atoms with Crippen molar-refractivity contribution < 1.29 is 9.18 Å². The van der Waals surface area contributed by atoms with E-state index in [9.17, 15) is 9.18 Å². The number of piperazine rings is 1. The molecule has 0 aliphatic carbocycles. The number of hydrogen-bond donors (Lipinski definition) is 0. The van der Waals surface area contributed by atoms with Crippen LogP contribution >= 0.6 is 11.6 Å². The molecule has 1 atom stereocenters. The van der Waals surface area contributed by atoms with Crippen molar-refractivity contribution in [3.8, 4) is 5.69 Å². The van der Waals surface area contributed by atoms with Crippen molar-refractivity contribution in [1.82, 2.24) is 19.6 Å². The number of anilines is 1. The Kier molecular flexibility index (Phi) is 7.94. The number of halogens is 2. The van der Waals surface area contributed by atoms with Gasteiger partial charge in [-0.3, -0.25) is 4.79 Å². The summed E-state index contributed by atoms with van der Waals surface area (Å²) >= 11 is 5.92. The summed E-state index contributed by atoms with van der Waals surface area (Å²) in [6, 6.07) is 6.56. The fraction of sp³-hybridized carbons (Fsp3) is 0.565. The first-order chi connectivity index (χ1) is 14.9. The zero-order chi connectivity index (χ0) is 22.5. The molecule has 3 rings (SSSR count). The Bertz CT molecular complexity index is 894. The molecule has 1 fully saturated rings. The highest BCUT2D eigenvalue weighted by molar-refractivity contribution is 6.27. The minimum atomic E-state index is -0.299. The molecule has 0 spiro atoms. The molecule has 170 valence electrons. The predicted molar refractivity (Wildman–Crippen MR) is 124 cm³/mol. The van der Waals surface area contributed by atoms with Gasteiger partial charge in [0.25, 0.3) is 0 Å². The molecule has 1 aromatic heterocycles. The maximum absolute atomic E-state index is 14.0. The van der Waals surface area contributed by atoms with E-state index in [2.05, 4.69) is 23.6 Å². The third-order valence-corrected chi connectivity index (χ3v) is 6.44. The predicted octanol–water partition coefficient (Wildman–Crippen LogP) is 3.83. The Labute approximate surface area is 189 Å². The number of benzene rings is 1. The number of rotatable bonds is 8. The molecular weight excluding hydrogens is 417 g/mol. The maximum atomic E-state index is 14.0. The van der Waals surface area contributed by atoms with Crippen LogP contribution < -0.4 is 4.90 Å². The van der Waals surface area contributed by atoms with Crippen molar-refractivity contribution in [2.75, 3.05) is 43.5 Å². The van der Waals surface area contributed by atoms with Crippen LogP contribution in [0, 0.1) is 12.7 Å². The second kappa shape index (κ2) is 10.5. The molecule has 0 radical (unpaired) electrons. The summed E-state index contributed by atoms with van der Waals surface area (Å²) < 4.78 is 15.8. The SMILES string of the molecule is CC[C@@H](C)N(Cc1c(C)nn(-c2cccc(F)c2)c1N1CCN(CC)CC1)C(=O)CCl. The van der Waals surface area contributed by atoms with Crippen LogP contribution in [-0.4, -0.2) is 70.1 Å². The number of amides is 1. The molecule has 31 heavy (non-hydrogen) atoms. The standard InChI is InChI=1S/C23H33ClFN5O/c1-5-17(3)29(22(31)15-24)16-21-18(4)26-30(20-9-7-8-19(25)14-20)23(21)28-12-10-27(6-2)11-13-28/h7-9,14,17H,5-6,10-13,15-16H2,1-4H3/t17-/m1/s1. The van der Waals surface area contributed by atoms with Gasteiger partial charge in [-0.15, -0.1) is 11.6 Å². The van der Waals surface area contributed by atoms with Crippen LogP contribution in [0.3, 0.4) is 0 Å². The van der Waals surface area contributed by atoms with Gasteiger partial charge in [0, 0.05) is 37.8 Å². The van der Waals surface area contributed by atoms with Gasteiger partial charge in [0.1, 0.15) is 17.5 Å². The van der Waals surface area contributed by atoms with Crippen molar-refractivity contribution in [2.45, 2.75) is 46.7 Å². The molecule has 0 N–H and O–H groups in total. The average molecular weight is 450 g/mol. The van der Waals surface area contributed by atoms with Crippen LogP contribution in [0.1, 0.15) is 38.4 Å². The number of nitrogens with zero attached hydrogens (tertiary/aromatic N) is 5. The lowest BCUT2D eigenvalue weighted by molar-refractivity contribution is -0.131. The minimum Gasteiger partial charge on any atom is -0.354 e. The number of aromatic nitrogens is 2. The molecule has 1 aliphatic rings. The lowest BCUT2D eigenvalue weighted by Gasteiger charge is -2.37. The zero-order valence-corrected chi connectivity index (χ0v) is 19.7. The summed E-state index contributed by atoms with van der Waals surface area (Å²) in [6.07, 6.45) is 0.838. The smallest absolute Gasteiger partial charge is 0.238 e. The van der Waals surface area contributed by atoms with E-state index in [1.165, 1.54) is 12.1 Å². The second-order valence-electron chi connectivity index (χ2n) is 8.11. The van der Waals surface area contributed by atoms with Gasteiger partial charge in [-0.1, -0.05) is 19.9 Å². The fourth-order valence-electron chi connectivity index (χ4n) is 4.08. The Morgan fingerprint density at radius 2 is 1.97 bits per heavy atom. The molecule has 2 heterocycles. The molecule has 0 unspecified atom stereocenters. The van der Waals surface area contributed by atoms with E-state index in [-0.39, 0.29) is 23.6 Å². The van der Waals surface area contributed by atoms with E-state index < -0.39 is 0 Å². The number of aryl methyl sites for hydroxylation is 1. The lowest BCUT2D eigenvalue weighted by atomic mass is 10.1. The Hall–Kier alpha value is -2.12. The van der Waals surface area contributed by atoms with Crippen LogP contribution in [-0.2, 0) is 11.3 Å². The summed E-state index contributed by atoms with van der Waals surface area (Å²) in [6.45, 7) is 13.3. The fourth-order valence-corrected chi connectivity index (χ4v) is 4.23. The molecular formula is C23H33ClFN5O. The number of alkyl halides is 1. The molecule has 2 aromatic rings. The van der Waals surface area contributed by atoms with Crippen molar-refractivity contribution in [3.05, 3.63) is 41.3 Å². The first-order valence-corrected chi connectivity index (χ1v) is 11.6. The number of carbonyl (C=O) groups excluding carboxylic acids is 1. The van der Waals surface area contributed by atoms with Crippen LogP contribution in [0.25, 0.3) is 5.69 Å². The van der Waals surface area contributed by atoms with Gasteiger partial charge in [0.05, 0.1) is 17.9 Å². The monoisotopic (exact) mass is 449 g/mol. The van der Waals surface area contributed by atoms with Gasteiger partial charge in [-0.2, -0.15) is 5.10 Å². The summed E-state index contributed by atoms with van der Waals surface area (Å²) in [4.78, 5) is 19.2. The largest absolute Gasteiger partial charge is 0.354 e. The average Bonchev–Trinajstić information content (AvgIpc) is 3.12. The molecule has 1 amide bonds. The van der Waals surface area contributed by atoms with E-state index in [4.69, 9.17) is 16.7 Å². The molecule has 8 heteroatoms. The first kappa shape index (κ1) is 23.5. The molecule has 1 aromatic carbocycles. The van der Waals surface area contributed by atoms with Crippen LogP contribution in [0.15, 0.2) is 24.3 Å². The third-order valence-electron chi connectivity index (χ3n) is 6.22.